The lowest BCUT2D eigenvalue weighted by molar-refractivity contribution is 0.00989. The standard InChI is InChI=1S/C12H13NO4/c1-12(6-14,7-15)13-10(16)8-4-2-3-5-9(8)11(13)17/h2-5,14-15H,6-7H2,1H3. The van der Waals surface area contributed by atoms with Crippen LogP contribution in [0.1, 0.15) is 27.6 Å². The molecule has 0 aromatic heterocycles. The quantitative estimate of drug-likeness (QED) is 0.724. The maximum absolute atomic E-state index is 12.1. The molecule has 1 heterocycles. The summed E-state index contributed by atoms with van der Waals surface area (Å²) in [5, 5.41) is 18.5. The van der Waals surface area contributed by atoms with Gasteiger partial charge in [-0.2, -0.15) is 0 Å². The predicted molar refractivity (Wildman–Crippen MR) is 59.5 cm³/mol. The van der Waals surface area contributed by atoms with E-state index in [1.807, 2.05) is 0 Å². The monoisotopic (exact) mass is 235 g/mol. The van der Waals surface area contributed by atoms with Crippen LogP contribution in [0.15, 0.2) is 24.3 Å². The van der Waals surface area contributed by atoms with Crippen LogP contribution in [-0.2, 0) is 0 Å². The number of nitrogens with zero attached hydrogens (tertiary/aromatic N) is 1. The third kappa shape index (κ3) is 1.55. The maximum atomic E-state index is 12.1. The molecule has 1 aliphatic rings. The first-order valence-corrected chi connectivity index (χ1v) is 5.25. The first-order chi connectivity index (χ1) is 8.05. The van der Waals surface area contributed by atoms with Gasteiger partial charge in [-0.25, -0.2) is 0 Å². The number of aliphatic hydroxyl groups excluding tert-OH is 2. The Bertz CT molecular complexity index is 444. The van der Waals surface area contributed by atoms with Crippen LogP contribution in [0.3, 0.4) is 0 Å². The molecule has 0 aliphatic carbocycles. The van der Waals surface area contributed by atoms with Crippen LogP contribution in [-0.4, -0.2) is 45.7 Å². The smallest absolute Gasteiger partial charge is 0.262 e. The molecule has 5 heteroatoms. The molecule has 5 nitrogen and oxygen atoms in total. The number of imide groups is 1. The summed E-state index contributed by atoms with van der Waals surface area (Å²) in [7, 11) is 0. The van der Waals surface area contributed by atoms with E-state index in [4.69, 9.17) is 0 Å². The van der Waals surface area contributed by atoms with Gasteiger partial charge in [0, 0.05) is 0 Å². The molecule has 0 unspecified atom stereocenters. The minimum Gasteiger partial charge on any atom is -0.394 e. The third-order valence-electron chi connectivity index (χ3n) is 3.02. The van der Waals surface area contributed by atoms with Crippen molar-refractivity contribution in [1.29, 1.82) is 0 Å². The Morgan fingerprint density at radius 1 is 1.06 bits per heavy atom. The minimum absolute atomic E-state index is 0.311. The van der Waals surface area contributed by atoms with Crippen LogP contribution in [0.2, 0.25) is 0 Å². The number of benzene rings is 1. The van der Waals surface area contributed by atoms with Crippen LogP contribution < -0.4 is 0 Å². The average Bonchev–Trinajstić information content (AvgIpc) is 2.62. The number of rotatable bonds is 3. The molecule has 1 aromatic rings. The molecule has 0 radical (unpaired) electrons. The SMILES string of the molecule is CC(CO)(CO)N1C(=O)c2ccccc2C1=O. The normalized spacial score (nSPS) is 15.4. The van der Waals surface area contributed by atoms with Gasteiger partial charge in [0.05, 0.1) is 29.9 Å². The van der Waals surface area contributed by atoms with E-state index in [0.29, 0.717) is 11.1 Å². The number of amides is 2. The molecule has 0 saturated carbocycles. The van der Waals surface area contributed by atoms with Crippen molar-refractivity contribution < 1.29 is 19.8 Å². The first-order valence-electron chi connectivity index (χ1n) is 5.25. The highest BCUT2D eigenvalue weighted by molar-refractivity contribution is 6.21. The zero-order valence-electron chi connectivity index (χ0n) is 9.38. The van der Waals surface area contributed by atoms with E-state index in [1.54, 1.807) is 24.3 Å². The van der Waals surface area contributed by atoms with Crippen LogP contribution >= 0.6 is 0 Å². The van der Waals surface area contributed by atoms with Crippen molar-refractivity contribution >= 4 is 11.8 Å². The van der Waals surface area contributed by atoms with Gasteiger partial charge in [-0.3, -0.25) is 14.5 Å². The Hall–Kier alpha value is -1.72. The number of carbonyl (C=O) groups excluding carboxylic acids is 2. The third-order valence-corrected chi connectivity index (χ3v) is 3.02. The second kappa shape index (κ2) is 3.94. The molecule has 0 bridgehead atoms. The van der Waals surface area contributed by atoms with E-state index in [-0.39, 0.29) is 0 Å². The van der Waals surface area contributed by atoms with Crippen LogP contribution in [0.4, 0.5) is 0 Å². The summed E-state index contributed by atoms with van der Waals surface area (Å²) in [6.45, 7) is 0.513. The Morgan fingerprint density at radius 3 is 1.82 bits per heavy atom. The van der Waals surface area contributed by atoms with Gasteiger partial charge >= 0.3 is 0 Å². The molecule has 90 valence electrons. The van der Waals surface area contributed by atoms with Crippen molar-refractivity contribution in [2.24, 2.45) is 0 Å². The van der Waals surface area contributed by atoms with Crippen LogP contribution in [0.5, 0.6) is 0 Å². The summed E-state index contributed by atoms with van der Waals surface area (Å²) in [6.07, 6.45) is 0. The van der Waals surface area contributed by atoms with E-state index in [0.717, 1.165) is 4.90 Å². The molecule has 1 aliphatic heterocycles. The lowest BCUT2D eigenvalue weighted by atomic mass is 10.0. The fourth-order valence-electron chi connectivity index (χ4n) is 1.87. The van der Waals surface area contributed by atoms with Crippen molar-refractivity contribution in [3.05, 3.63) is 35.4 Å². The molecule has 0 spiro atoms. The molecular formula is C12H13NO4. The Balaban J connectivity index is 2.50. The topological polar surface area (TPSA) is 77.8 Å². The fourth-order valence-corrected chi connectivity index (χ4v) is 1.87. The second-order valence-corrected chi connectivity index (χ2v) is 4.30. The molecule has 2 N–H and O–H groups in total. The summed E-state index contributed by atoms with van der Waals surface area (Å²) in [4.78, 5) is 25.0. The number of carbonyl (C=O) groups is 2. The van der Waals surface area contributed by atoms with Crippen molar-refractivity contribution in [2.75, 3.05) is 13.2 Å². The van der Waals surface area contributed by atoms with Gasteiger partial charge in [-0.15, -0.1) is 0 Å². The van der Waals surface area contributed by atoms with Gasteiger partial charge in [0.25, 0.3) is 11.8 Å². The molecule has 17 heavy (non-hydrogen) atoms. The van der Waals surface area contributed by atoms with Gasteiger partial charge in [-0.1, -0.05) is 12.1 Å². The number of fused-ring (bicyclic) bond motifs is 1. The van der Waals surface area contributed by atoms with Gasteiger partial charge < -0.3 is 10.2 Å². The predicted octanol–water partition coefficient (Wildman–Crippen LogP) is 0.0259. The Morgan fingerprint density at radius 2 is 1.47 bits per heavy atom. The maximum Gasteiger partial charge on any atom is 0.262 e. The molecule has 0 fully saturated rings. The molecule has 0 saturated heterocycles. The van der Waals surface area contributed by atoms with Crippen LogP contribution in [0, 0.1) is 0 Å². The van der Waals surface area contributed by atoms with E-state index < -0.39 is 30.6 Å². The van der Waals surface area contributed by atoms with Crippen LogP contribution in [0.25, 0.3) is 0 Å². The average molecular weight is 235 g/mol. The zero-order valence-corrected chi connectivity index (χ0v) is 9.38. The van der Waals surface area contributed by atoms with Gasteiger partial charge in [-0.05, 0) is 19.1 Å². The summed E-state index contributed by atoms with van der Waals surface area (Å²) >= 11 is 0. The van der Waals surface area contributed by atoms with Crippen molar-refractivity contribution in [2.45, 2.75) is 12.5 Å². The molecule has 2 rings (SSSR count). The van der Waals surface area contributed by atoms with Crippen molar-refractivity contribution in [3.63, 3.8) is 0 Å². The first kappa shape index (κ1) is 11.8. The number of hydrogen-bond acceptors (Lipinski definition) is 4. The summed E-state index contributed by atoms with van der Waals surface area (Å²) in [5.74, 6) is -0.951. The highest BCUT2D eigenvalue weighted by atomic mass is 16.3. The van der Waals surface area contributed by atoms with E-state index in [9.17, 15) is 19.8 Å². The second-order valence-electron chi connectivity index (χ2n) is 4.30. The summed E-state index contributed by atoms with van der Waals surface area (Å²) in [6, 6.07) is 6.46. The van der Waals surface area contributed by atoms with E-state index in [2.05, 4.69) is 0 Å². The summed E-state index contributed by atoms with van der Waals surface area (Å²) in [5.41, 5.74) is -0.649. The molecule has 2 amide bonds. The fraction of sp³-hybridized carbons (Fsp3) is 0.333. The highest BCUT2D eigenvalue weighted by Gasteiger charge is 2.45. The van der Waals surface area contributed by atoms with Gasteiger partial charge in [0.1, 0.15) is 0 Å². The van der Waals surface area contributed by atoms with E-state index >= 15 is 0 Å². The largest absolute Gasteiger partial charge is 0.394 e. The lowest BCUT2D eigenvalue weighted by Crippen LogP contribution is -2.54. The number of aliphatic hydroxyl groups is 2. The van der Waals surface area contributed by atoms with Crippen molar-refractivity contribution in [3.8, 4) is 0 Å². The minimum atomic E-state index is -1.27. The lowest BCUT2D eigenvalue weighted by Gasteiger charge is -2.33. The molecular weight excluding hydrogens is 222 g/mol. The molecule has 0 atom stereocenters. The van der Waals surface area contributed by atoms with Gasteiger partial charge in [0.15, 0.2) is 0 Å². The summed E-state index contributed by atoms with van der Waals surface area (Å²) < 4.78 is 0. The Kier molecular flexibility index (Phi) is 2.73. The van der Waals surface area contributed by atoms with Crippen molar-refractivity contribution in [1.82, 2.24) is 4.90 Å². The zero-order chi connectivity index (χ0) is 12.6. The van der Waals surface area contributed by atoms with E-state index in [1.165, 1.54) is 6.92 Å². The number of hydrogen-bond donors (Lipinski definition) is 2. The molecule has 1 aromatic carbocycles. The Labute approximate surface area is 98.3 Å². The highest BCUT2D eigenvalue weighted by Crippen LogP contribution is 2.28. The van der Waals surface area contributed by atoms with Gasteiger partial charge in [0.2, 0.25) is 0 Å².